The van der Waals surface area contributed by atoms with Crippen molar-refractivity contribution in [2.75, 3.05) is 5.32 Å². The third kappa shape index (κ3) is 2.94. The molecule has 0 spiro atoms. The second kappa shape index (κ2) is 5.16. The van der Waals surface area contributed by atoms with Crippen LogP contribution in [0.2, 0.25) is 5.28 Å². The number of rotatable bonds is 2. The van der Waals surface area contributed by atoms with Crippen LogP contribution in [-0.4, -0.2) is 9.97 Å². The Morgan fingerprint density at radius 1 is 1.17 bits per heavy atom. The van der Waals surface area contributed by atoms with Crippen LogP contribution < -0.4 is 5.32 Å². The summed E-state index contributed by atoms with van der Waals surface area (Å²) < 4.78 is 26.9. The van der Waals surface area contributed by atoms with Gasteiger partial charge in [-0.05, 0) is 40.5 Å². The zero-order chi connectivity index (χ0) is 13.3. The van der Waals surface area contributed by atoms with Gasteiger partial charge >= 0.3 is 0 Å². The van der Waals surface area contributed by atoms with Crippen molar-refractivity contribution in [1.29, 1.82) is 0 Å². The smallest absolute Gasteiger partial charge is 0.224 e. The van der Waals surface area contributed by atoms with Crippen molar-refractivity contribution in [3.8, 4) is 0 Å². The van der Waals surface area contributed by atoms with E-state index >= 15 is 0 Å². The van der Waals surface area contributed by atoms with E-state index in [1.807, 2.05) is 0 Å². The molecule has 0 aliphatic heterocycles. The molecule has 0 aliphatic rings. The summed E-state index contributed by atoms with van der Waals surface area (Å²) in [5, 5.41) is 2.69. The fourth-order valence-corrected chi connectivity index (χ4v) is 1.89. The maximum absolute atomic E-state index is 13.6. The van der Waals surface area contributed by atoms with Gasteiger partial charge < -0.3 is 5.32 Å². The molecule has 2 aromatic rings. The maximum atomic E-state index is 13.6. The first-order chi connectivity index (χ1) is 8.45. The van der Waals surface area contributed by atoms with Gasteiger partial charge in [-0.15, -0.1) is 0 Å². The Hall–Kier alpha value is -1.27. The number of hydrogen-bond acceptors (Lipinski definition) is 3. The second-order valence-corrected chi connectivity index (χ2v) is 4.73. The van der Waals surface area contributed by atoms with Gasteiger partial charge in [-0.25, -0.2) is 18.7 Å². The Kier molecular flexibility index (Phi) is 3.77. The highest BCUT2D eigenvalue weighted by Crippen LogP contribution is 2.25. The number of aryl methyl sites for hydroxylation is 1. The van der Waals surface area contributed by atoms with E-state index in [1.54, 1.807) is 13.0 Å². The van der Waals surface area contributed by atoms with Crippen molar-refractivity contribution in [3.63, 3.8) is 0 Å². The zero-order valence-electron chi connectivity index (χ0n) is 9.14. The SMILES string of the molecule is Cc1cc(Nc2cc(F)c(Br)cc2F)nc(Cl)n1. The van der Waals surface area contributed by atoms with Crippen LogP contribution in [0.5, 0.6) is 0 Å². The first kappa shape index (κ1) is 13.2. The van der Waals surface area contributed by atoms with Gasteiger partial charge in [0.05, 0.1) is 10.2 Å². The molecule has 7 heteroatoms. The Balaban J connectivity index is 2.36. The Labute approximate surface area is 115 Å². The van der Waals surface area contributed by atoms with Gasteiger partial charge in [0.15, 0.2) is 0 Å². The van der Waals surface area contributed by atoms with Crippen molar-refractivity contribution in [2.45, 2.75) is 6.92 Å². The van der Waals surface area contributed by atoms with E-state index in [0.29, 0.717) is 11.5 Å². The quantitative estimate of drug-likeness (QED) is 0.660. The van der Waals surface area contributed by atoms with E-state index in [-0.39, 0.29) is 15.4 Å². The number of halogens is 4. The first-order valence-electron chi connectivity index (χ1n) is 4.88. The van der Waals surface area contributed by atoms with Crippen LogP contribution in [0.3, 0.4) is 0 Å². The van der Waals surface area contributed by atoms with E-state index in [2.05, 4.69) is 31.2 Å². The molecule has 0 saturated heterocycles. The average molecular weight is 335 g/mol. The van der Waals surface area contributed by atoms with Gasteiger partial charge in [0.2, 0.25) is 5.28 Å². The van der Waals surface area contributed by atoms with Crippen LogP contribution in [0.15, 0.2) is 22.7 Å². The van der Waals surface area contributed by atoms with Crippen molar-refractivity contribution in [2.24, 2.45) is 0 Å². The minimum Gasteiger partial charge on any atom is -0.338 e. The van der Waals surface area contributed by atoms with Gasteiger partial charge in [0, 0.05) is 17.8 Å². The summed E-state index contributed by atoms with van der Waals surface area (Å²) in [5.41, 5.74) is 0.598. The molecule has 0 unspecified atom stereocenters. The number of nitrogens with one attached hydrogen (secondary N) is 1. The highest BCUT2D eigenvalue weighted by Gasteiger charge is 2.09. The molecule has 18 heavy (non-hydrogen) atoms. The lowest BCUT2D eigenvalue weighted by Gasteiger charge is -2.08. The summed E-state index contributed by atoms with van der Waals surface area (Å²) in [6, 6.07) is 3.64. The number of benzene rings is 1. The molecule has 94 valence electrons. The van der Waals surface area contributed by atoms with Gasteiger partial charge in [-0.3, -0.25) is 0 Å². The number of aromatic nitrogens is 2. The molecular weight excluding hydrogens is 327 g/mol. The van der Waals surface area contributed by atoms with Crippen molar-refractivity contribution in [3.05, 3.63) is 45.3 Å². The predicted molar refractivity (Wildman–Crippen MR) is 69.1 cm³/mol. The average Bonchev–Trinajstić information content (AvgIpc) is 2.24. The van der Waals surface area contributed by atoms with E-state index < -0.39 is 11.6 Å². The van der Waals surface area contributed by atoms with Crippen LogP contribution >= 0.6 is 27.5 Å². The van der Waals surface area contributed by atoms with Gasteiger partial charge in [-0.2, -0.15) is 0 Å². The number of nitrogens with zero attached hydrogens (tertiary/aromatic N) is 2. The van der Waals surface area contributed by atoms with Gasteiger partial charge in [-0.1, -0.05) is 0 Å². The van der Waals surface area contributed by atoms with E-state index in [9.17, 15) is 8.78 Å². The third-order valence-corrected chi connectivity index (χ3v) is 2.88. The topological polar surface area (TPSA) is 37.8 Å². The van der Waals surface area contributed by atoms with Gasteiger partial charge in [0.25, 0.3) is 0 Å². The zero-order valence-corrected chi connectivity index (χ0v) is 11.5. The standard InChI is InChI=1S/C11H7BrClF2N3/c1-5-2-10(18-11(13)16-5)17-9-4-7(14)6(12)3-8(9)15/h2-4H,1H3,(H,16,17,18). The predicted octanol–water partition coefficient (Wildman–Crippen LogP) is 4.22. The van der Waals surface area contributed by atoms with Crippen LogP contribution in [0.25, 0.3) is 0 Å². The highest BCUT2D eigenvalue weighted by molar-refractivity contribution is 9.10. The summed E-state index contributed by atoms with van der Waals surface area (Å²) in [6.07, 6.45) is 0. The lowest BCUT2D eigenvalue weighted by atomic mass is 10.3. The fourth-order valence-electron chi connectivity index (χ4n) is 1.35. The van der Waals surface area contributed by atoms with Crippen LogP contribution in [-0.2, 0) is 0 Å². The normalized spacial score (nSPS) is 10.5. The molecule has 1 heterocycles. The summed E-state index contributed by atoms with van der Waals surface area (Å²) in [5.74, 6) is -0.875. The molecule has 0 aliphatic carbocycles. The van der Waals surface area contributed by atoms with Crippen molar-refractivity contribution >= 4 is 39.0 Å². The largest absolute Gasteiger partial charge is 0.338 e. The lowest BCUT2D eigenvalue weighted by Crippen LogP contribution is -1.99. The first-order valence-corrected chi connectivity index (χ1v) is 6.05. The molecular formula is C11H7BrClF2N3. The van der Waals surface area contributed by atoms with Crippen molar-refractivity contribution in [1.82, 2.24) is 9.97 Å². The monoisotopic (exact) mass is 333 g/mol. The molecule has 1 aromatic carbocycles. The summed E-state index contributed by atoms with van der Waals surface area (Å²) in [4.78, 5) is 7.73. The Morgan fingerprint density at radius 2 is 1.89 bits per heavy atom. The molecule has 2 rings (SSSR count). The fraction of sp³-hybridized carbons (Fsp3) is 0.0909. The summed E-state index contributed by atoms with van der Waals surface area (Å²) >= 11 is 8.57. The second-order valence-electron chi connectivity index (χ2n) is 3.53. The van der Waals surface area contributed by atoms with Crippen molar-refractivity contribution < 1.29 is 8.78 Å². The summed E-state index contributed by atoms with van der Waals surface area (Å²) in [6.45, 7) is 1.72. The van der Waals surface area contributed by atoms with Crippen LogP contribution in [0.1, 0.15) is 5.69 Å². The molecule has 1 N–H and O–H groups in total. The molecule has 0 radical (unpaired) electrons. The van der Waals surface area contributed by atoms with E-state index in [1.165, 1.54) is 0 Å². The molecule has 0 amide bonds. The minimum absolute atomic E-state index is 0.0233. The molecule has 0 fully saturated rings. The third-order valence-electron chi connectivity index (χ3n) is 2.10. The van der Waals surface area contributed by atoms with Crippen LogP contribution in [0, 0.1) is 18.6 Å². The lowest BCUT2D eigenvalue weighted by molar-refractivity contribution is 0.597. The molecule has 0 atom stereocenters. The maximum Gasteiger partial charge on any atom is 0.224 e. The molecule has 0 bridgehead atoms. The van der Waals surface area contributed by atoms with Gasteiger partial charge in [0.1, 0.15) is 17.5 Å². The Morgan fingerprint density at radius 3 is 2.56 bits per heavy atom. The Bertz CT molecular complexity index is 587. The molecule has 3 nitrogen and oxygen atoms in total. The van der Waals surface area contributed by atoms with Crippen LogP contribution in [0.4, 0.5) is 20.3 Å². The molecule has 0 saturated carbocycles. The molecule has 1 aromatic heterocycles. The highest BCUT2D eigenvalue weighted by atomic mass is 79.9. The van der Waals surface area contributed by atoms with E-state index in [4.69, 9.17) is 11.6 Å². The summed E-state index contributed by atoms with van der Waals surface area (Å²) in [7, 11) is 0. The van der Waals surface area contributed by atoms with E-state index in [0.717, 1.165) is 12.1 Å². The number of anilines is 2. The number of hydrogen-bond donors (Lipinski definition) is 1. The minimum atomic E-state index is -0.601.